The molecule has 1 aliphatic heterocycles. The van der Waals surface area contributed by atoms with Crippen LogP contribution < -0.4 is 5.32 Å². The van der Waals surface area contributed by atoms with Crippen LogP contribution in [0.2, 0.25) is 0 Å². The van der Waals surface area contributed by atoms with Gasteiger partial charge < -0.3 is 10.2 Å². The van der Waals surface area contributed by atoms with E-state index < -0.39 is 0 Å². The second-order valence-electron chi connectivity index (χ2n) is 8.70. The largest absolute Gasteiger partial charge is 0.354 e. The smallest absolute Gasteiger partial charge is 0.225 e. The summed E-state index contributed by atoms with van der Waals surface area (Å²) in [5, 5.41) is 3.06. The third-order valence-corrected chi connectivity index (χ3v) is 6.36. The first kappa shape index (κ1) is 16.8. The maximum Gasteiger partial charge on any atom is 0.225 e. The molecule has 3 fully saturated rings. The van der Waals surface area contributed by atoms with Crippen LogP contribution in [0.1, 0.15) is 65.7 Å². The summed E-state index contributed by atoms with van der Waals surface area (Å²) >= 11 is 0. The maximum absolute atomic E-state index is 12.5. The third kappa shape index (κ3) is 3.56. The van der Waals surface area contributed by atoms with Gasteiger partial charge in [-0.25, -0.2) is 0 Å². The number of carbonyl (C=O) groups excluding carboxylic acids is 2. The van der Waals surface area contributed by atoms with Gasteiger partial charge in [-0.15, -0.1) is 0 Å². The molecule has 2 amide bonds. The Morgan fingerprint density at radius 2 is 1.74 bits per heavy atom. The van der Waals surface area contributed by atoms with Crippen LogP contribution in [0.4, 0.5) is 0 Å². The molecule has 4 nitrogen and oxygen atoms in total. The first-order valence-corrected chi connectivity index (χ1v) is 9.48. The molecule has 1 spiro atoms. The average Bonchev–Trinajstić information content (AvgIpc) is 2.87. The molecule has 0 aromatic carbocycles. The van der Waals surface area contributed by atoms with Crippen LogP contribution in [0, 0.1) is 23.2 Å². The van der Waals surface area contributed by atoms with Gasteiger partial charge in [0.1, 0.15) is 0 Å². The van der Waals surface area contributed by atoms with E-state index >= 15 is 0 Å². The number of amides is 2. The summed E-state index contributed by atoms with van der Waals surface area (Å²) in [6.45, 7) is 8.09. The molecule has 1 saturated heterocycles. The van der Waals surface area contributed by atoms with Crippen molar-refractivity contribution in [3.63, 3.8) is 0 Å². The van der Waals surface area contributed by atoms with E-state index in [0.717, 1.165) is 64.0 Å². The van der Waals surface area contributed by atoms with Crippen LogP contribution in [0.3, 0.4) is 0 Å². The van der Waals surface area contributed by atoms with Crippen molar-refractivity contribution in [2.45, 2.75) is 71.8 Å². The van der Waals surface area contributed by atoms with Crippen molar-refractivity contribution < 1.29 is 9.59 Å². The monoisotopic (exact) mass is 320 g/mol. The molecule has 0 aromatic rings. The molecular formula is C19H32N2O2. The topological polar surface area (TPSA) is 49.4 Å². The highest BCUT2D eigenvalue weighted by Gasteiger charge is 2.45. The minimum Gasteiger partial charge on any atom is -0.354 e. The van der Waals surface area contributed by atoms with Crippen molar-refractivity contribution in [3.8, 4) is 0 Å². The summed E-state index contributed by atoms with van der Waals surface area (Å²) in [5.74, 6) is 1.85. The SMILES string of the molecule is CC1CC(C(=O)N2CCC3(CCC(C(=O)NC(C)C)C3)CC2)C1. The zero-order valence-corrected chi connectivity index (χ0v) is 14.9. The van der Waals surface area contributed by atoms with Crippen molar-refractivity contribution in [1.29, 1.82) is 0 Å². The van der Waals surface area contributed by atoms with E-state index in [1.54, 1.807) is 0 Å². The Morgan fingerprint density at radius 3 is 2.30 bits per heavy atom. The van der Waals surface area contributed by atoms with Crippen LogP contribution in [-0.4, -0.2) is 35.8 Å². The highest BCUT2D eigenvalue weighted by atomic mass is 16.2. The Balaban J connectivity index is 1.49. The van der Waals surface area contributed by atoms with E-state index in [0.29, 0.717) is 17.2 Å². The fraction of sp³-hybridized carbons (Fsp3) is 0.895. The molecule has 4 heteroatoms. The third-order valence-electron chi connectivity index (χ3n) is 6.36. The second kappa shape index (κ2) is 6.45. The zero-order valence-electron chi connectivity index (χ0n) is 14.9. The van der Waals surface area contributed by atoms with Crippen LogP contribution in [-0.2, 0) is 9.59 Å². The van der Waals surface area contributed by atoms with E-state index in [1.807, 2.05) is 13.8 Å². The van der Waals surface area contributed by atoms with Gasteiger partial charge in [0.05, 0.1) is 0 Å². The number of nitrogens with zero attached hydrogens (tertiary/aromatic N) is 1. The fourth-order valence-electron chi connectivity index (χ4n) is 4.85. The minimum absolute atomic E-state index is 0.187. The molecule has 130 valence electrons. The normalized spacial score (nSPS) is 32.9. The molecule has 1 N–H and O–H groups in total. The summed E-state index contributed by atoms with van der Waals surface area (Å²) in [4.78, 5) is 26.8. The number of hydrogen-bond acceptors (Lipinski definition) is 2. The molecular weight excluding hydrogens is 288 g/mol. The molecule has 1 unspecified atom stereocenters. The van der Waals surface area contributed by atoms with Gasteiger partial charge in [-0.3, -0.25) is 9.59 Å². The van der Waals surface area contributed by atoms with Gasteiger partial charge in [-0.2, -0.15) is 0 Å². The van der Waals surface area contributed by atoms with Crippen molar-refractivity contribution >= 4 is 11.8 Å². The fourth-order valence-corrected chi connectivity index (χ4v) is 4.85. The van der Waals surface area contributed by atoms with Gasteiger partial charge in [0.15, 0.2) is 0 Å². The van der Waals surface area contributed by atoms with Gasteiger partial charge in [-0.05, 0) is 70.1 Å². The number of hydrogen-bond donors (Lipinski definition) is 1. The molecule has 0 bridgehead atoms. The lowest BCUT2D eigenvalue weighted by molar-refractivity contribution is -0.142. The lowest BCUT2D eigenvalue weighted by Gasteiger charge is -2.43. The highest BCUT2D eigenvalue weighted by molar-refractivity contribution is 5.80. The number of likely N-dealkylation sites (tertiary alicyclic amines) is 1. The second-order valence-corrected chi connectivity index (χ2v) is 8.70. The number of carbonyl (C=O) groups is 2. The molecule has 2 aliphatic carbocycles. The van der Waals surface area contributed by atoms with E-state index in [4.69, 9.17) is 0 Å². The van der Waals surface area contributed by atoms with E-state index in [1.165, 1.54) is 0 Å². The number of piperidine rings is 1. The average molecular weight is 320 g/mol. The summed E-state index contributed by atoms with van der Waals surface area (Å²) in [5.41, 5.74) is 0.322. The predicted molar refractivity (Wildman–Crippen MR) is 90.8 cm³/mol. The Morgan fingerprint density at radius 1 is 1.09 bits per heavy atom. The Kier molecular flexibility index (Phi) is 4.70. The summed E-state index contributed by atoms with van der Waals surface area (Å²) in [6, 6.07) is 0.225. The zero-order chi connectivity index (χ0) is 16.6. The van der Waals surface area contributed by atoms with Gasteiger partial charge in [-0.1, -0.05) is 6.92 Å². The first-order valence-electron chi connectivity index (χ1n) is 9.48. The standard InChI is InChI=1S/C19H32N2O2/c1-13(2)20-17(22)15-4-5-19(12-15)6-8-21(9-7-19)18(23)16-10-14(3)11-16/h13-16H,4-12H2,1-3H3,(H,20,22). The maximum atomic E-state index is 12.5. The molecule has 3 rings (SSSR count). The lowest BCUT2D eigenvalue weighted by Crippen LogP contribution is -2.47. The van der Waals surface area contributed by atoms with Gasteiger partial charge in [0.25, 0.3) is 0 Å². The quantitative estimate of drug-likeness (QED) is 0.869. The molecule has 23 heavy (non-hydrogen) atoms. The summed E-state index contributed by atoms with van der Waals surface area (Å²) in [7, 11) is 0. The number of rotatable bonds is 3. The summed E-state index contributed by atoms with van der Waals surface area (Å²) < 4.78 is 0. The van der Waals surface area contributed by atoms with Crippen LogP contribution >= 0.6 is 0 Å². The Bertz CT molecular complexity index is 460. The van der Waals surface area contributed by atoms with Crippen LogP contribution in [0.25, 0.3) is 0 Å². The predicted octanol–water partition coefficient (Wildman–Crippen LogP) is 2.97. The molecule has 0 radical (unpaired) electrons. The Hall–Kier alpha value is -1.06. The van der Waals surface area contributed by atoms with Gasteiger partial charge >= 0.3 is 0 Å². The van der Waals surface area contributed by atoms with Gasteiger partial charge in [0, 0.05) is 31.0 Å². The van der Waals surface area contributed by atoms with Crippen molar-refractivity contribution in [2.75, 3.05) is 13.1 Å². The Labute approximate surface area is 140 Å². The molecule has 3 aliphatic rings. The molecule has 1 atom stereocenters. The van der Waals surface area contributed by atoms with Crippen LogP contribution in [0.15, 0.2) is 0 Å². The summed E-state index contributed by atoms with van der Waals surface area (Å²) in [6.07, 6.45) is 7.54. The minimum atomic E-state index is 0.187. The van der Waals surface area contributed by atoms with E-state index in [2.05, 4.69) is 17.1 Å². The highest BCUT2D eigenvalue weighted by Crippen LogP contribution is 2.49. The molecule has 1 heterocycles. The van der Waals surface area contributed by atoms with E-state index in [-0.39, 0.29) is 17.9 Å². The first-order chi connectivity index (χ1) is 10.9. The van der Waals surface area contributed by atoms with E-state index in [9.17, 15) is 9.59 Å². The van der Waals surface area contributed by atoms with Crippen LogP contribution in [0.5, 0.6) is 0 Å². The van der Waals surface area contributed by atoms with Crippen molar-refractivity contribution in [1.82, 2.24) is 10.2 Å². The van der Waals surface area contributed by atoms with Gasteiger partial charge in [0.2, 0.25) is 11.8 Å². The number of nitrogens with one attached hydrogen (secondary N) is 1. The molecule has 0 aromatic heterocycles. The lowest BCUT2D eigenvalue weighted by atomic mass is 9.73. The van der Waals surface area contributed by atoms with Crippen molar-refractivity contribution in [3.05, 3.63) is 0 Å². The van der Waals surface area contributed by atoms with Crippen molar-refractivity contribution in [2.24, 2.45) is 23.2 Å². The molecule has 2 saturated carbocycles.